The van der Waals surface area contributed by atoms with Crippen LogP contribution in [0.25, 0.3) is 0 Å². The van der Waals surface area contributed by atoms with Gasteiger partial charge in [-0.1, -0.05) is 11.6 Å². The number of Topliss-reactive ketones (excluding diaryl/α,β-unsaturated/α-hetero) is 1. The van der Waals surface area contributed by atoms with Gasteiger partial charge in [0.25, 0.3) is 0 Å². The quantitative estimate of drug-likeness (QED) is 0.751. The predicted octanol–water partition coefficient (Wildman–Crippen LogP) is 3.80. The van der Waals surface area contributed by atoms with Crippen LogP contribution < -0.4 is 0 Å². The molecule has 1 aromatic heterocycles. The Morgan fingerprint density at radius 2 is 2.05 bits per heavy atom. The van der Waals surface area contributed by atoms with Crippen LogP contribution in [0.4, 0.5) is 0 Å². The van der Waals surface area contributed by atoms with Gasteiger partial charge in [-0.05, 0) is 39.3 Å². The van der Waals surface area contributed by atoms with Gasteiger partial charge in [-0.15, -0.1) is 11.3 Å². The molecule has 1 aromatic rings. The van der Waals surface area contributed by atoms with Crippen molar-refractivity contribution in [3.05, 3.63) is 20.8 Å². The average Bonchev–Trinajstić information content (AvgIpc) is 2.56. The van der Waals surface area contributed by atoms with Crippen molar-refractivity contribution < 1.29 is 14.3 Å². The van der Waals surface area contributed by atoms with Crippen molar-refractivity contribution in [3.8, 4) is 0 Å². The van der Waals surface area contributed by atoms with Crippen molar-refractivity contribution in [2.45, 2.75) is 40.5 Å². The Bertz CT molecular complexity index is 477. The fourth-order valence-corrected chi connectivity index (χ4v) is 3.15. The van der Waals surface area contributed by atoms with E-state index in [-0.39, 0.29) is 18.2 Å². The van der Waals surface area contributed by atoms with Crippen LogP contribution in [0.2, 0.25) is 4.34 Å². The predicted molar refractivity (Wildman–Crippen MR) is 77.8 cm³/mol. The molecule has 3 nitrogen and oxygen atoms in total. The number of rotatable bonds is 6. The van der Waals surface area contributed by atoms with E-state index in [0.717, 1.165) is 10.4 Å². The molecule has 0 amide bonds. The third-order valence-electron chi connectivity index (χ3n) is 2.82. The van der Waals surface area contributed by atoms with E-state index in [4.69, 9.17) is 16.3 Å². The van der Waals surface area contributed by atoms with Crippen LogP contribution in [0.3, 0.4) is 0 Å². The molecular formula is C14H19ClO3S. The first kappa shape index (κ1) is 16.2. The highest BCUT2D eigenvalue weighted by atomic mass is 35.5. The number of ketones is 1. The van der Waals surface area contributed by atoms with Crippen LogP contribution in [0.1, 0.15) is 37.6 Å². The lowest BCUT2D eigenvalue weighted by atomic mass is 9.86. The summed E-state index contributed by atoms with van der Waals surface area (Å²) in [5, 5.41) is 0. The molecule has 0 aromatic carbocycles. The van der Waals surface area contributed by atoms with Gasteiger partial charge >= 0.3 is 5.97 Å². The molecule has 0 atom stereocenters. The number of halogens is 1. The monoisotopic (exact) mass is 302 g/mol. The summed E-state index contributed by atoms with van der Waals surface area (Å²) < 4.78 is 5.66. The van der Waals surface area contributed by atoms with Gasteiger partial charge in [0.1, 0.15) is 5.78 Å². The molecule has 0 aliphatic rings. The summed E-state index contributed by atoms with van der Waals surface area (Å²) in [4.78, 5) is 24.8. The lowest BCUT2D eigenvalue weighted by Crippen LogP contribution is -2.29. The number of esters is 1. The lowest BCUT2D eigenvalue weighted by molar-refractivity contribution is -0.155. The van der Waals surface area contributed by atoms with Crippen molar-refractivity contribution >= 4 is 34.7 Å². The smallest absolute Gasteiger partial charge is 0.311 e. The number of ether oxygens (including phenoxy) is 1. The molecule has 0 saturated heterocycles. The van der Waals surface area contributed by atoms with E-state index in [2.05, 4.69) is 0 Å². The molecule has 0 unspecified atom stereocenters. The average molecular weight is 303 g/mol. The van der Waals surface area contributed by atoms with Gasteiger partial charge in [-0.3, -0.25) is 9.59 Å². The first-order valence-corrected chi connectivity index (χ1v) is 7.39. The molecule has 5 heteroatoms. The maximum atomic E-state index is 12.1. The van der Waals surface area contributed by atoms with Gasteiger partial charge in [0.15, 0.2) is 0 Å². The number of hydrogen-bond donors (Lipinski definition) is 0. The maximum Gasteiger partial charge on any atom is 0.311 e. The highest BCUT2D eigenvalue weighted by Gasteiger charge is 2.32. The van der Waals surface area contributed by atoms with E-state index in [1.165, 1.54) is 11.3 Å². The summed E-state index contributed by atoms with van der Waals surface area (Å²) in [6, 6.07) is 1.85. The molecule has 1 heterocycles. The fraction of sp³-hybridized carbons (Fsp3) is 0.571. The number of thiophene rings is 1. The second-order valence-electron chi connectivity index (χ2n) is 5.15. The van der Waals surface area contributed by atoms with Crippen molar-refractivity contribution in [1.29, 1.82) is 0 Å². The third-order valence-corrected chi connectivity index (χ3v) is 4.18. The largest absolute Gasteiger partial charge is 0.466 e. The Morgan fingerprint density at radius 1 is 1.42 bits per heavy atom. The summed E-state index contributed by atoms with van der Waals surface area (Å²) in [7, 11) is 0. The summed E-state index contributed by atoms with van der Waals surface area (Å²) in [5.74, 6) is -0.302. The standard InChI is InChI=1S/C14H19ClO3S/c1-5-18-13(17)14(3,4)8-10(16)7-11-9(2)6-12(15)19-11/h6H,5,7-8H2,1-4H3. The molecule has 0 N–H and O–H groups in total. The second-order valence-corrected chi connectivity index (χ2v) is 6.92. The Kier molecular flexibility index (Phi) is 5.56. The zero-order valence-corrected chi connectivity index (χ0v) is 13.3. The first-order chi connectivity index (χ1) is 8.76. The number of carbonyl (C=O) groups is 2. The summed E-state index contributed by atoms with van der Waals surface area (Å²) >= 11 is 7.32. The molecule has 0 saturated carbocycles. The Balaban J connectivity index is 2.65. The van der Waals surface area contributed by atoms with Crippen LogP contribution in [-0.2, 0) is 20.7 Å². The van der Waals surface area contributed by atoms with E-state index in [9.17, 15) is 9.59 Å². The van der Waals surface area contributed by atoms with Crippen molar-refractivity contribution in [3.63, 3.8) is 0 Å². The van der Waals surface area contributed by atoms with E-state index in [1.54, 1.807) is 20.8 Å². The fourth-order valence-electron chi connectivity index (χ4n) is 1.79. The SMILES string of the molecule is CCOC(=O)C(C)(C)CC(=O)Cc1sc(Cl)cc1C. The summed E-state index contributed by atoms with van der Waals surface area (Å²) in [6.07, 6.45) is 0.507. The van der Waals surface area contributed by atoms with Crippen molar-refractivity contribution in [2.24, 2.45) is 5.41 Å². The second kappa shape index (κ2) is 6.53. The zero-order valence-electron chi connectivity index (χ0n) is 11.7. The number of hydrogen-bond acceptors (Lipinski definition) is 4. The molecule has 0 aliphatic heterocycles. The van der Waals surface area contributed by atoms with Gasteiger partial charge in [-0.2, -0.15) is 0 Å². The molecule has 0 spiro atoms. The molecule has 0 fully saturated rings. The molecule has 106 valence electrons. The van der Waals surface area contributed by atoms with E-state index >= 15 is 0 Å². The molecule has 0 aliphatic carbocycles. The Hall–Kier alpha value is -0.870. The van der Waals surface area contributed by atoms with Gasteiger partial charge in [0.2, 0.25) is 0 Å². The van der Waals surface area contributed by atoms with Gasteiger partial charge in [0, 0.05) is 17.7 Å². The van der Waals surface area contributed by atoms with Crippen LogP contribution in [0.5, 0.6) is 0 Å². The molecule has 0 radical (unpaired) electrons. The Morgan fingerprint density at radius 3 is 2.53 bits per heavy atom. The van der Waals surface area contributed by atoms with Crippen LogP contribution in [0.15, 0.2) is 6.07 Å². The third kappa shape index (κ3) is 4.62. The zero-order chi connectivity index (χ0) is 14.6. The van der Waals surface area contributed by atoms with Crippen LogP contribution in [-0.4, -0.2) is 18.4 Å². The maximum absolute atomic E-state index is 12.1. The minimum absolute atomic E-state index is 0.0275. The molecule has 1 rings (SSSR count). The van der Waals surface area contributed by atoms with E-state index < -0.39 is 5.41 Å². The normalized spacial score (nSPS) is 11.4. The first-order valence-electron chi connectivity index (χ1n) is 6.20. The molecular weight excluding hydrogens is 284 g/mol. The molecule has 0 bridgehead atoms. The Labute approximate surface area is 122 Å². The van der Waals surface area contributed by atoms with Gasteiger partial charge < -0.3 is 4.74 Å². The minimum Gasteiger partial charge on any atom is -0.466 e. The van der Waals surface area contributed by atoms with Crippen molar-refractivity contribution in [1.82, 2.24) is 0 Å². The van der Waals surface area contributed by atoms with E-state index in [1.807, 2.05) is 13.0 Å². The van der Waals surface area contributed by atoms with Gasteiger partial charge in [0.05, 0.1) is 16.4 Å². The van der Waals surface area contributed by atoms with Crippen LogP contribution in [0, 0.1) is 12.3 Å². The highest BCUT2D eigenvalue weighted by Crippen LogP contribution is 2.29. The van der Waals surface area contributed by atoms with Crippen molar-refractivity contribution in [2.75, 3.05) is 6.61 Å². The minimum atomic E-state index is -0.776. The molecule has 19 heavy (non-hydrogen) atoms. The number of carbonyl (C=O) groups excluding carboxylic acids is 2. The topological polar surface area (TPSA) is 43.4 Å². The summed E-state index contributed by atoms with van der Waals surface area (Å²) in [6.45, 7) is 7.48. The van der Waals surface area contributed by atoms with E-state index in [0.29, 0.717) is 17.4 Å². The van der Waals surface area contributed by atoms with Gasteiger partial charge in [-0.25, -0.2) is 0 Å². The highest BCUT2D eigenvalue weighted by molar-refractivity contribution is 7.16. The summed E-state index contributed by atoms with van der Waals surface area (Å²) in [5.41, 5.74) is 0.250. The lowest BCUT2D eigenvalue weighted by Gasteiger charge is -2.21. The number of aryl methyl sites for hydroxylation is 1. The van der Waals surface area contributed by atoms with Crippen LogP contribution >= 0.6 is 22.9 Å².